The summed E-state index contributed by atoms with van der Waals surface area (Å²) < 4.78 is 0. The van der Waals surface area contributed by atoms with Crippen LogP contribution in [0.1, 0.15) is 42.9 Å². The van der Waals surface area contributed by atoms with Gasteiger partial charge in [0, 0.05) is 31.4 Å². The Kier molecular flexibility index (Phi) is 5.71. The number of imide groups is 1. The van der Waals surface area contributed by atoms with Gasteiger partial charge in [-0.3, -0.25) is 14.5 Å². The fourth-order valence-corrected chi connectivity index (χ4v) is 5.81. The van der Waals surface area contributed by atoms with Crippen molar-refractivity contribution >= 4 is 23.5 Å². The van der Waals surface area contributed by atoms with Crippen molar-refractivity contribution in [1.82, 2.24) is 20.4 Å². The lowest BCUT2D eigenvalue weighted by molar-refractivity contribution is -0.141. The molecule has 3 fully saturated rings. The molecule has 3 N–H and O–H groups in total. The fraction of sp³-hybridized carbons (Fsp3) is 0.464. The molecule has 2 atom stereocenters. The second-order valence-electron chi connectivity index (χ2n) is 10.7. The number of nitrogens with one attached hydrogen (secondary N) is 3. The van der Waals surface area contributed by atoms with E-state index in [-0.39, 0.29) is 24.4 Å². The average Bonchev–Trinajstić information content (AvgIpc) is 3.61. The Hall–Kier alpha value is -3.39. The molecule has 2 aromatic carbocycles. The van der Waals surface area contributed by atoms with Crippen molar-refractivity contribution in [1.29, 1.82) is 0 Å². The van der Waals surface area contributed by atoms with Gasteiger partial charge in [0.2, 0.25) is 5.91 Å². The van der Waals surface area contributed by atoms with E-state index in [1.54, 1.807) is 0 Å². The van der Waals surface area contributed by atoms with E-state index in [1.807, 2.05) is 47.4 Å². The predicted octanol–water partition coefficient (Wildman–Crippen LogP) is 2.59. The second-order valence-corrected chi connectivity index (χ2v) is 10.7. The van der Waals surface area contributed by atoms with E-state index < -0.39 is 11.6 Å². The van der Waals surface area contributed by atoms with E-state index in [1.165, 1.54) is 0 Å². The molecular weight excluding hydrogens is 454 g/mol. The third-order valence-corrected chi connectivity index (χ3v) is 8.27. The summed E-state index contributed by atoms with van der Waals surface area (Å²) in [6.45, 7) is 4.20. The Morgan fingerprint density at radius 2 is 1.94 bits per heavy atom. The highest BCUT2D eigenvalue weighted by Crippen LogP contribution is 2.42. The Balaban J connectivity index is 1.20. The summed E-state index contributed by atoms with van der Waals surface area (Å²) in [5, 5.41) is 9.72. The molecule has 8 nitrogen and oxygen atoms in total. The van der Waals surface area contributed by atoms with Gasteiger partial charge in [0.25, 0.3) is 5.91 Å². The zero-order valence-electron chi connectivity index (χ0n) is 20.6. The number of carbonyl (C=O) groups is 3. The van der Waals surface area contributed by atoms with Gasteiger partial charge in [-0.25, -0.2) is 4.79 Å². The van der Waals surface area contributed by atoms with Crippen LogP contribution in [0, 0.1) is 5.92 Å². The molecule has 6 rings (SSSR count). The van der Waals surface area contributed by atoms with Crippen LogP contribution in [0.4, 0.5) is 10.5 Å². The Bertz CT molecular complexity index is 1190. The zero-order valence-corrected chi connectivity index (χ0v) is 20.6. The first-order valence-electron chi connectivity index (χ1n) is 13.0. The molecule has 1 spiro atoms. The van der Waals surface area contributed by atoms with Gasteiger partial charge in [-0.05, 0) is 67.3 Å². The number of hydrogen-bond donors (Lipinski definition) is 3. The van der Waals surface area contributed by atoms with Crippen molar-refractivity contribution in [2.75, 3.05) is 25.0 Å². The number of anilines is 1. The van der Waals surface area contributed by atoms with Crippen molar-refractivity contribution in [2.45, 2.75) is 56.8 Å². The highest BCUT2D eigenvalue weighted by Gasteiger charge is 2.56. The van der Waals surface area contributed by atoms with Gasteiger partial charge in [-0.2, -0.15) is 0 Å². The molecule has 1 unspecified atom stereocenters. The molecule has 2 saturated heterocycles. The van der Waals surface area contributed by atoms with E-state index >= 15 is 0 Å². The molecule has 2 aromatic rings. The largest absolute Gasteiger partial charge is 0.380 e. The van der Waals surface area contributed by atoms with E-state index in [4.69, 9.17) is 0 Å². The Morgan fingerprint density at radius 1 is 1.17 bits per heavy atom. The summed E-state index contributed by atoms with van der Waals surface area (Å²) in [6, 6.07) is 15.9. The molecule has 2 heterocycles. The van der Waals surface area contributed by atoms with E-state index in [0.29, 0.717) is 31.3 Å². The molecule has 0 radical (unpaired) electrons. The molecule has 1 saturated carbocycles. The number of carbonyl (C=O) groups excluding carboxylic acids is 3. The Morgan fingerprint density at radius 3 is 2.64 bits per heavy atom. The van der Waals surface area contributed by atoms with Crippen LogP contribution >= 0.6 is 0 Å². The van der Waals surface area contributed by atoms with Gasteiger partial charge < -0.3 is 20.9 Å². The zero-order chi connectivity index (χ0) is 24.9. The molecule has 188 valence electrons. The number of nitrogens with zero attached hydrogens (tertiary/aromatic N) is 2. The lowest BCUT2D eigenvalue weighted by atomic mass is 9.91. The average molecular weight is 488 g/mol. The van der Waals surface area contributed by atoms with Gasteiger partial charge >= 0.3 is 6.03 Å². The molecule has 4 amide bonds. The van der Waals surface area contributed by atoms with E-state index in [0.717, 1.165) is 53.2 Å². The predicted molar refractivity (Wildman–Crippen MR) is 136 cm³/mol. The third kappa shape index (κ3) is 4.03. The number of urea groups is 1. The van der Waals surface area contributed by atoms with Crippen molar-refractivity contribution in [2.24, 2.45) is 5.92 Å². The molecule has 0 aromatic heterocycles. The minimum absolute atomic E-state index is 0.0661. The molecule has 2 aliphatic carbocycles. The fourth-order valence-electron chi connectivity index (χ4n) is 5.81. The molecule has 4 aliphatic rings. The monoisotopic (exact) mass is 487 g/mol. The molecule has 2 aliphatic heterocycles. The van der Waals surface area contributed by atoms with Crippen LogP contribution in [0.25, 0.3) is 0 Å². The van der Waals surface area contributed by atoms with Crippen LogP contribution in [0.15, 0.2) is 48.5 Å². The third-order valence-electron chi connectivity index (χ3n) is 8.27. The standard InChI is InChI=1S/C28H33N5O3/c1-18(20-7-8-20)32(16-19-5-3-2-4-6-19)25(34)17-33-26(35)28(31-27(33)36)12-11-21-13-22(9-10-24(21)28)30-23-14-29-15-23/h2-6,9-10,13,18,20,23,29-30H,7-8,11-12,14-17H2,1H3,(H,31,36)/t18?,28-/m0/s1. The molecule has 36 heavy (non-hydrogen) atoms. The van der Waals surface area contributed by atoms with E-state index in [9.17, 15) is 14.4 Å². The van der Waals surface area contributed by atoms with Gasteiger partial charge in [-0.1, -0.05) is 36.4 Å². The number of aryl methyl sites for hydroxylation is 1. The maximum atomic E-state index is 13.7. The molecule has 0 bridgehead atoms. The van der Waals surface area contributed by atoms with Gasteiger partial charge in [0.05, 0.1) is 6.04 Å². The Labute approximate surface area is 211 Å². The van der Waals surface area contributed by atoms with Gasteiger partial charge in [-0.15, -0.1) is 0 Å². The number of amides is 4. The second kappa shape index (κ2) is 8.92. The highest BCUT2D eigenvalue weighted by atomic mass is 16.2. The topological polar surface area (TPSA) is 93.8 Å². The highest BCUT2D eigenvalue weighted by molar-refractivity contribution is 6.10. The molecular formula is C28H33N5O3. The van der Waals surface area contributed by atoms with Crippen LogP contribution in [0.5, 0.6) is 0 Å². The minimum Gasteiger partial charge on any atom is -0.380 e. The number of benzene rings is 2. The summed E-state index contributed by atoms with van der Waals surface area (Å²) in [7, 11) is 0. The first-order valence-corrected chi connectivity index (χ1v) is 13.0. The van der Waals surface area contributed by atoms with Crippen LogP contribution in [0.3, 0.4) is 0 Å². The normalized spacial score (nSPS) is 23.9. The smallest absolute Gasteiger partial charge is 0.325 e. The molecule has 8 heteroatoms. The SMILES string of the molecule is CC(C1CC1)N(Cc1ccccc1)C(=O)CN1C(=O)N[C@]2(CCc3cc(NC4CNC4)ccc32)C1=O. The van der Waals surface area contributed by atoms with Crippen LogP contribution in [-0.2, 0) is 28.1 Å². The van der Waals surface area contributed by atoms with Gasteiger partial charge in [0.1, 0.15) is 12.1 Å². The quantitative estimate of drug-likeness (QED) is 0.498. The number of fused-ring (bicyclic) bond motifs is 2. The summed E-state index contributed by atoms with van der Waals surface area (Å²) in [4.78, 5) is 43.3. The van der Waals surface area contributed by atoms with Crippen LogP contribution < -0.4 is 16.0 Å². The maximum Gasteiger partial charge on any atom is 0.325 e. The number of hydrogen-bond acceptors (Lipinski definition) is 5. The van der Waals surface area contributed by atoms with Crippen LogP contribution in [0.2, 0.25) is 0 Å². The summed E-state index contributed by atoms with van der Waals surface area (Å²) >= 11 is 0. The minimum atomic E-state index is -1.07. The van der Waals surface area contributed by atoms with Crippen molar-refractivity contribution < 1.29 is 14.4 Å². The summed E-state index contributed by atoms with van der Waals surface area (Å²) in [6.07, 6.45) is 3.44. The van der Waals surface area contributed by atoms with Gasteiger partial charge in [0.15, 0.2) is 0 Å². The van der Waals surface area contributed by atoms with Crippen molar-refractivity contribution in [3.05, 3.63) is 65.2 Å². The lowest BCUT2D eigenvalue weighted by Gasteiger charge is -2.31. The summed E-state index contributed by atoms with van der Waals surface area (Å²) in [5.41, 5.74) is 2.92. The first-order chi connectivity index (χ1) is 17.4. The maximum absolute atomic E-state index is 13.7. The van der Waals surface area contributed by atoms with Crippen molar-refractivity contribution in [3.63, 3.8) is 0 Å². The van der Waals surface area contributed by atoms with Crippen molar-refractivity contribution in [3.8, 4) is 0 Å². The van der Waals surface area contributed by atoms with E-state index in [2.05, 4.69) is 28.9 Å². The first kappa shape index (κ1) is 23.0. The summed E-state index contributed by atoms with van der Waals surface area (Å²) in [5.74, 6) is -0.0275. The lowest BCUT2D eigenvalue weighted by Crippen LogP contribution is -2.51. The number of rotatable bonds is 8. The van der Waals surface area contributed by atoms with Crippen LogP contribution in [-0.4, -0.2) is 59.4 Å².